The third-order valence-corrected chi connectivity index (χ3v) is 4.45. The van der Waals surface area contributed by atoms with Gasteiger partial charge in [-0.05, 0) is 12.0 Å². The minimum atomic E-state index is -0.395. The van der Waals surface area contributed by atoms with Gasteiger partial charge in [-0.3, -0.25) is 10.1 Å². The Morgan fingerprint density at radius 3 is 2.77 bits per heavy atom. The van der Waals surface area contributed by atoms with E-state index in [0.717, 1.165) is 21.4 Å². The van der Waals surface area contributed by atoms with Crippen molar-refractivity contribution < 1.29 is 10.0 Å². The van der Waals surface area contributed by atoms with Crippen LogP contribution in [0, 0.1) is 10.1 Å². The van der Waals surface area contributed by atoms with Crippen molar-refractivity contribution in [3.8, 4) is 0 Å². The molecule has 2 aromatic rings. The third kappa shape index (κ3) is 3.48. The maximum absolute atomic E-state index is 10.9. The summed E-state index contributed by atoms with van der Waals surface area (Å²) in [7, 11) is 1.91. The second-order valence-electron chi connectivity index (χ2n) is 5.26. The molecule has 0 saturated heterocycles. The molecule has 1 heterocycles. The predicted octanol–water partition coefficient (Wildman–Crippen LogP) is 3.14. The number of aliphatic hydroxyl groups excluding tert-OH is 1. The van der Waals surface area contributed by atoms with Crippen LogP contribution in [-0.4, -0.2) is 26.2 Å². The highest BCUT2D eigenvalue weighted by molar-refractivity contribution is 7.99. The highest BCUT2D eigenvalue weighted by Crippen LogP contribution is 2.35. The number of nitrogens with zero attached hydrogens (tertiary/aromatic N) is 3. The fourth-order valence-electron chi connectivity index (χ4n) is 2.14. The van der Waals surface area contributed by atoms with Gasteiger partial charge in [0.2, 0.25) is 0 Å². The van der Waals surface area contributed by atoms with E-state index in [1.807, 2.05) is 17.7 Å². The molecule has 0 saturated carbocycles. The molecule has 0 aliphatic carbocycles. The van der Waals surface area contributed by atoms with Crippen LogP contribution in [0.4, 0.5) is 5.69 Å². The van der Waals surface area contributed by atoms with Crippen molar-refractivity contribution in [2.24, 2.45) is 7.05 Å². The van der Waals surface area contributed by atoms with Crippen LogP contribution >= 0.6 is 11.8 Å². The molecule has 0 aliphatic heterocycles. The smallest absolute Gasteiger partial charge is 0.270 e. The zero-order chi connectivity index (χ0) is 16.3. The van der Waals surface area contributed by atoms with Crippen LogP contribution < -0.4 is 0 Å². The Morgan fingerprint density at radius 1 is 1.45 bits per heavy atom. The zero-order valence-corrected chi connectivity index (χ0v) is 13.6. The van der Waals surface area contributed by atoms with Crippen molar-refractivity contribution in [2.75, 3.05) is 6.61 Å². The lowest BCUT2D eigenvalue weighted by atomic mass is 10.1. The summed E-state index contributed by atoms with van der Waals surface area (Å²) in [6, 6.07) is 6.57. The molecule has 0 spiro atoms. The number of non-ortho nitro benzene ring substituents is 1. The van der Waals surface area contributed by atoms with Crippen LogP contribution in [0.2, 0.25) is 0 Å². The van der Waals surface area contributed by atoms with Gasteiger partial charge in [0.15, 0.2) is 0 Å². The standard InChI is InChI=1S/C15H19N3O3S/c1-10(2)14-15(17(3)13(16-14)7-8-19)22-12-6-4-5-11(9-12)18(20)21/h4-6,9-10,19H,7-8H2,1-3H3. The summed E-state index contributed by atoms with van der Waals surface area (Å²) in [5.41, 5.74) is 1.02. The topological polar surface area (TPSA) is 81.2 Å². The molecular weight excluding hydrogens is 302 g/mol. The van der Waals surface area contributed by atoms with E-state index in [1.165, 1.54) is 17.8 Å². The van der Waals surface area contributed by atoms with E-state index in [-0.39, 0.29) is 18.2 Å². The van der Waals surface area contributed by atoms with Gasteiger partial charge in [-0.25, -0.2) is 4.98 Å². The van der Waals surface area contributed by atoms with E-state index in [1.54, 1.807) is 12.1 Å². The van der Waals surface area contributed by atoms with Crippen molar-refractivity contribution in [1.29, 1.82) is 0 Å². The Balaban J connectivity index is 2.39. The molecule has 1 aromatic heterocycles. The lowest BCUT2D eigenvalue weighted by Crippen LogP contribution is -2.01. The number of hydrogen-bond donors (Lipinski definition) is 1. The van der Waals surface area contributed by atoms with Crippen LogP contribution in [0.25, 0.3) is 0 Å². The minimum Gasteiger partial charge on any atom is -0.396 e. The number of rotatable bonds is 6. The Bertz CT molecular complexity index is 683. The Morgan fingerprint density at radius 2 is 2.18 bits per heavy atom. The molecule has 6 nitrogen and oxygen atoms in total. The molecule has 0 fully saturated rings. The molecule has 2 rings (SSSR count). The molecule has 1 aromatic carbocycles. The number of benzene rings is 1. The summed E-state index contributed by atoms with van der Waals surface area (Å²) in [6.07, 6.45) is 0.492. The van der Waals surface area contributed by atoms with E-state index >= 15 is 0 Å². The SMILES string of the molecule is CC(C)c1nc(CCO)n(C)c1Sc1cccc([N+](=O)[O-])c1. The Kier molecular flexibility index (Phi) is 5.20. The Labute approximate surface area is 133 Å². The molecule has 0 atom stereocenters. The van der Waals surface area contributed by atoms with Gasteiger partial charge < -0.3 is 9.67 Å². The normalized spacial score (nSPS) is 11.1. The lowest BCUT2D eigenvalue weighted by molar-refractivity contribution is -0.385. The van der Waals surface area contributed by atoms with Crippen molar-refractivity contribution in [2.45, 2.75) is 36.1 Å². The zero-order valence-electron chi connectivity index (χ0n) is 12.8. The maximum atomic E-state index is 10.9. The number of nitro groups is 1. The number of imidazole rings is 1. The van der Waals surface area contributed by atoms with Gasteiger partial charge in [0.25, 0.3) is 5.69 Å². The molecule has 7 heteroatoms. The summed E-state index contributed by atoms with van der Waals surface area (Å²) >= 11 is 1.46. The van der Waals surface area contributed by atoms with Crippen LogP contribution in [0.5, 0.6) is 0 Å². The Hall–Kier alpha value is -1.86. The number of nitro benzene ring substituents is 1. The first-order chi connectivity index (χ1) is 10.4. The predicted molar refractivity (Wildman–Crippen MR) is 85.3 cm³/mol. The molecule has 0 unspecified atom stereocenters. The maximum Gasteiger partial charge on any atom is 0.270 e. The molecule has 118 valence electrons. The molecule has 0 bridgehead atoms. The lowest BCUT2D eigenvalue weighted by Gasteiger charge is -2.08. The van der Waals surface area contributed by atoms with Gasteiger partial charge in [0, 0.05) is 30.5 Å². The van der Waals surface area contributed by atoms with Crippen LogP contribution in [-0.2, 0) is 13.5 Å². The average molecular weight is 321 g/mol. The van der Waals surface area contributed by atoms with Crippen molar-refractivity contribution in [3.63, 3.8) is 0 Å². The molecular formula is C15H19N3O3S. The van der Waals surface area contributed by atoms with Crippen LogP contribution in [0.1, 0.15) is 31.3 Å². The highest BCUT2D eigenvalue weighted by atomic mass is 32.2. The second kappa shape index (κ2) is 6.93. The van der Waals surface area contributed by atoms with Gasteiger partial charge in [-0.1, -0.05) is 31.7 Å². The van der Waals surface area contributed by atoms with E-state index in [0.29, 0.717) is 6.42 Å². The number of aromatic nitrogens is 2. The fraction of sp³-hybridized carbons (Fsp3) is 0.400. The summed E-state index contributed by atoms with van der Waals surface area (Å²) in [5.74, 6) is 1.05. The van der Waals surface area contributed by atoms with Gasteiger partial charge in [-0.2, -0.15) is 0 Å². The first kappa shape index (κ1) is 16.5. The fourth-order valence-corrected chi connectivity index (χ4v) is 3.32. The first-order valence-corrected chi connectivity index (χ1v) is 7.84. The number of aliphatic hydroxyl groups is 1. The average Bonchev–Trinajstić information content (AvgIpc) is 2.77. The van der Waals surface area contributed by atoms with Crippen LogP contribution in [0.15, 0.2) is 34.2 Å². The highest BCUT2D eigenvalue weighted by Gasteiger charge is 2.18. The summed E-state index contributed by atoms with van der Waals surface area (Å²) in [5, 5.41) is 21.0. The van der Waals surface area contributed by atoms with Crippen molar-refractivity contribution >= 4 is 17.4 Å². The monoisotopic (exact) mass is 321 g/mol. The first-order valence-electron chi connectivity index (χ1n) is 7.02. The van der Waals surface area contributed by atoms with E-state index in [9.17, 15) is 10.1 Å². The second-order valence-corrected chi connectivity index (χ2v) is 6.32. The summed E-state index contributed by atoms with van der Waals surface area (Å²) < 4.78 is 1.95. The molecule has 0 aliphatic rings. The molecule has 0 radical (unpaired) electrons. The van der Waals surface area contributed by atoms with Crippen LogP contribution in [0.3, 0.4) is 0 Å². The molecule has 1 N–H and O–H groups in total. The van der Waals surface area contributed by atoms with Gasteiger partial charge in [0.05, 0.1) is 17.2 Å². The molecule has 22 heavy (non-hydrogen) atoms. The van der Waals surface area contributed by atoms with E-state index in [4.69, 9.17) is 5.11 Å². The van der Waals surface area contributed by atoms with E-state index < -0.39 is 4.92 Å². The quantitative estimate of drug-likeness (QED) is 0.653. The minimum absolute atomic E-state index is 0.0449. The number of hydrogen-bond acceptors (Lipinski definition) is 5. The summed E-state index contributed by atoms with van der Waals surface area (Å²) in [6.45, 7) is 4.16. The van der Waals surface area contributed by atoms with Crippen molar-refractivity contribution in [1.82, 2.24) is 9.55 Å². The van der Waals surface area contributed by atoms with Gasteiger partial charge in [0.1, 0.15) is 10.9 Å². The van der Waals surface area contributed by atoms with Crippen molar-refractivity contribution in [3.05, 3.63) is 45.9 Å². The van der Waals surface area contributed by atoms with Gasteiger partial charge in [-0.15, -0.1) is 0 Å². The largest absolute Gasteiger partial charge is 0.396 e. The van der Waals surface area contributed by atoms with E-state index in [2.05, 4.69) is 18.8 Å². The van der Waals surface area contributed by atoms with Gasteiger partial charge >= 0.3 is 0 Å². The molecule has 0 amide bonds. The third-order valence-electron chi connectivity index (χ3n) is 3.29. The summed E-state index contributed by atoms with van der Waals surface area (Å²) in [4.78, 5) is 15.9.